The normalized spacial score (nSPS) is 11.1. The molecule has 0 saturated heterocycles. The highest BCUT2D eigenvalue weighted by Crippen LogP contribution is 2.22. The summed E-state index contributed by atoms with van der Waals surface area (Å²) < 4.78 is 45.0. The van der Waals surface area contributed by atoms with Crippen molar-refractivity contribution in [1.29, 1.82) is 5.26 Å². The summed E-state index contributed by atoms with van der Waals surface area (Å²) in [4.78, 5) is 0. The Morgan fingerprint density at radius 3 is 2.63 bits per heavy atom. The molecule has 3 nitrogen and oxygen atoms in total. The molecule has 0 spiro atoms. The number of alkyl halides is 3. The quantitative estimate of drug-likeness (QED) is 0.753. The molecule has 0 fully saturated rings. The summed E-state index contributed by atoms with van der Waals surface area (Å²) >= 11 is 5.75. The van der Waals surface area contributed by atoms with Gasteiger partial charge in [0.05, 0.1) is 18.8 Å². The van der Waals surface area contributed by atoms with Crippen molar-refractivity contribution < 1.29 is 22.6 Å². The summed E-state index contributed by atoms with van der Waals surface area (Å²) in [6.07, 6.45) is -4.03. The second-order valence-electron chi connectivity index (χ2n) is 3.62. The maximum Gasteiger partial charge on any atom is 0.411 e. The van der Waals surface area contributed by atoms with Gasteiger partial charge in [-0.1, -0.05) is 11.6 Å². The Morgan fingerprint density at radius 1 is 1.26 bits per heavy atom. The van der Waals surface area contributed by atoms with Crippen molar-refractivity contribution in [2.75, 3.05) is 19.8 Å². The Bertz CT molecular complexity index is 457. The van der Waals surface area contributed by atoms with Crippen LogP contribution in [0.2, 0.25) is 5.02 Å². The van der Waals surface area contributed by atoms with Crippen LogP contribution in [0.3, 0.4) is 0 Å². The summed E-state index contributed by atoms with van der Waals surface area (Å²) in [6, 6.07) is 6.48. The van der Waals surface area contributed by atoms with Gasteiger partial charge in [-0.15, -0.1) is 0 Å². The van der Waals surface area contributed by atoms with Gasteiger partial charge in [0.15, 0.2) is 0 Å². The van der Waals surface area contributed by atoms with E-state index in [0.717, 1.165) is 0 Å². The summed E-state index contributed by atoms with van der Waals surface area (Å²) in [7, 11) is 0. The van der Waals surface area contributed by atoms with Crippen molar-refractivity contribution in [1.82, 2.24) is 0 Å². The average Bonchev–Trinajstić information content (AvgIpc) is 2.32. The van der Waals surface area contributed by atoms with Crippen LogP contribution in [-0.2, 0) is 4.74 Å². The van der Waals surface area contributed by atoms with E-state index in [-0.39, 0.29) is 19.6 Å². The molecule has 0 aliphatic rings. The van der Waals surface area contributed by atoms with Gasteiger partial charge in [0.1, 0.15) is 18.4 Å². The minimum Gasteiger partial charge on any atom is -0.492 e. The molecule has 0 N–H and O–H groups in total. The fourth-order valence-electron chi connectivity index (χ4n) is 1.24. The van der Waals surface area contributed by atoms with Crippen LogP contribution in [0.15, 0.2) is 18.2 Å². The molecule has 0 amide bonds. The lowest BCUT2D eigenvalue weighted by Crippen LogP contribution is -2.18. The highest BCUT2D eigenvalue weighted by Gasteiger charge is 2.27. The van der Waals surface area contributed by atoms with Crippen LogP contribution in [0, 0.1) is 11.3 Å². The highest BCUT2D eigenvalue weighted by atomic mass is 35.5. The molecule has 0 heterocycles. The van der Waals surface area contributed by atoms with Crippen LogP contribution in [0.25, 0.3) is 0 Å². The fraction of sp³-hybridized carbons (Fsp3) is 0.417. The lowest BCUT2D eigenvalue weighted by molar-refractivity contribution is -0.174. The van der Waals surface area contributed by atoms with Crippen LogP contribution in [0.4, 0.5) is 13.2 Å². The molecular formula is C12H11ClF3NO2. The number of rotatable bonds is 6. The first-order valence-corrected chi connectivity index (χ1v) is 5.77. The Kier molecular flexibility index (Phi) is 5.93. The molecule has 0 atom stereocenters. The molecule has 19 heavy (non-hydrogen) atoms. The van der Waals surface area contributed by atoms with Crippen LogP contribution in [-0.4, -0.2) is 26.0 Å². The average molecular weight is 294 g/mol. The van der Waals surface area contributed by atoms with Gasteiger partial charge in [0.25, 0.3) is 0 Å². The zero-order valence-electron chi connectivity index (χ0n) is 9.84. The second kappa shape index (κ2) is 7.22. The molecule has 0 unspecified atom stereocenters. The molecule has 0 radical (unpaired) electrons. The zero-order valence-corrected chi connectivity index (χ0v) is 10.6. The minimum absolute atomic E-state index is 0.0675. The van der Waals surface area contributed by atoms with Crippen molar-refractivity contribution in [3.05, 3.63) is 28.8 Å². The van der Waals surface area contributed by atoms with E-state index in [0.29, 0.717) is 16.3 Å². The Hall–Kier alpha value is -1.45. The van der Waals surface area contributed by atoms with Gasteiger partial charge in [-0.25, -0.2) is 0 Å². The van der Waals surface area contributed by atoms with Gasteiger partial charge < -0.3 is 9.47 Å². The SMILES string of the molecule is N#Cc1ccc(Cl)cc1OCCCOCC(F)(F)F. The number of ether oxygens (including phenoxy) is 2. The van der Waals surface area contributed by atoms with Crippen molar-refractivity contribution in [3.8, 4) is 11.8 Å². The smallest absolute Gasteiger partial charge is 0.411 e. The maximum absolute atomic E-state index is 11.8. The number of hydrogen-bond acceptors (Lipinski definition) is 3. The molecule has 7 heteroatoms. The fourth-order valence-corrected chi connectivity index (χ4v) is 1.40. The van der Waals surface area contributed by atoms with Crippen LogP contribution >= 0.6 is 11.6 Å². The number of hydrogen-bond donors (Lipinski definition) is 0. The lowest BCUT2D eigenvalue weighted by Gasteiger charge is -2.09. The third-order valence-corrected chi connectivity index (χ3v) is 2.26. The first-order chi connectivity index (χ1) is 8.92. The van der Waals surface area contributed by atoms with E-state index in [2.05, 4.69) is 4.74 Å². The van der Waals surface area contributed by atoms with Gasteiger partial charge in [0, 0.05) is 17.5 Å². The highest BCUT2D eigenvalue weighted by molar-refractivity contribution is 6.30. The summed E-state index contributed by atoms with van der Waals surface area (Å²) in [5, 5.41) is 9.24. The van der Waals surface area contributed by atoms with Crippen molar-refractivity contribution in [3.63, 3.8) is 0 Å². The van der Waals surface area contributed by atoms with E-state index in [1.54, 1.807) is 6.07 Å². The van der Waals surface area contributed by atoms with Crippen LogP contribution in [0.1, 0.15) is 12.0 Å². The Balaban J connectivity index is 2.30. The molecule has 0 aliphatic carbocycles. The van der Waals surface area contributed by atoms with E-state index in [1.807, 2.05) is 6.07 Å². The van der Waals surface area contributed by atoms with E-state index in [4.69, 9.17) is 21.6 Å². The number of nitriles is 1. The largest absolute Gasteiger partial charge is 0.492 e. The van der Waals surface area contributed by atoms with Gasteiger partial charge in [-0.3, -0.25) is 0 Å². The molecule has 1 aromatic rings. The van der Waals surface area contributed by atoms with Crippen molar-refractivity contribution in [2.24, 2.45) is 0 Å². The molecule has 104 valence electrons. The first kappa shape index (κ1) is 15.6. The molecular weight excluding hydrogens is 283 g/mol. The number of nitrogens with zero attached hydrogens (tertiary/aromatic N) is 1. The van der Waals surface area contributed by atoms with E-state index in [9.17, 15) is 13.2 Å². The minimum atomic E-state index is -4.32. The molecule has 1 rings (SSSR count). The van der Waals surface area contributed by atoms with Gasteiger partial charge in [0.2, 0.25) is 0 Å². The number of benzene rings is 1. The molecule has 0 bridgehead atoms. The predicted molar refractivity (Wildman–Crippen MR) is 63.2 cm³/mol. The van der Waals surface area contributed by atoms with Crippen molar-refractivity contribution in [2.45, 2.75) is 12.6 Å². The van der Waals surface area contributed by atoms with E-state index >= 15 is 0 Å². The first-order valence-electron chi connectivity index (χ1n) is 5.39. The standard InChI is InChI=1S/C12H11ClF3NO2/c13-10-3-2-9(7-17)11(6-10)19-5-1-4-18-8-12(14,15)16/h2-3,6H,1,4-5,8H2. The number of halogens is 4. The summed E-state index contributed by atoms with van der Waals surface area (Å²) in [6.45, 7) is -1.19. The van der Waals surface area contributed by atoms with Crippen molar-refractivity contribution >= 4 is 11.6 Å². The second-order valence-corrected chi connectivity index (χ2v) is 4.06. The molecule has 0 aliphatic heterocycles. The van der Waals surface area contributed by atoms with Crippen LogP contribution in [0.5, 0.6) is 5.75 Å². The molecule has 0 saturated carbocycles. The van der Waals surface area contributed by atoms with Crippen LogP contribution < -0.4 is 4.74 Å². The summed E-state index contributed by atoms with van der Waals surface area (Å²) in [5.74, 6) is 0.311. The summed E-state index contributed by atoms with van der Waals surface area (Å²) in [5.41, 5.74) is 0.320. The Morgan fingerprint density at radius 2 is 2.00 bits per heavy atom. The topological polar surface area (TPSA) is 42.2 Å². The van der Waals surface area contributed by atoms with E-state index in [1.165, 1.54) is 12.1 Å². The Labute approximate surface area is 113 Å². The lowest BCUT2D eigenvalue weighted by atomic mass is 10.2. The molecule has 1 aromatic carbocycles. The maximum atomic E-state index is 11.8. The third-order valence-electron chi connectivity index (χ3n) is 2.02. The van der Waals surface area contributed by atoms with E-state index < -0.39 is 12.8 Å². The third kappa shape index (κ3) is 6.32. The molecule has 0 aromatic heterocycles. The zero-order chi connectivity index (χ0) is 14.3. The van der Waals surface area contributed by atoms with Gasteiger partial charge in [-0.05, 0) is 12.1 Å². The van der Waals surface area contributed by atoms with Gasteiger partial charge >= 0.3 is 6.18 Å². The van der Waals surface area contributed by atoms with Gasteiger partial charge in [-0.2, -0.15) is 18.4 Å². The monoisotopic (exact) mass is 293 g/mol. The predicted octanol–water partition coefficient (Wildman–Crippen LogP) is 3.56.